The molecule has 1 aliphatic rings. The molecule has 3 heterocycles. The van der Waals surface area contributed by atoms with Crippen molar-refractivity contribution in [3.05, 3.63) is 83.9 Å². The van der Waals surface area contributed by atoms with Crippen LogP contribution in [0.2, 0.25) is 0 Å². The molecule has 0 N–H and O–H groups in total. The van der Waals surface area contributed by atoms with E-state index in [2.05, 4.69) is 72.3 Å². The molecule has 1 aliphatic heterocycles. The first-order valence-electron chi connectivity index (χ1n) is 12.6. The molecule has 1 saturated heterocycles. The first-order valence-corrected chi connectivity index (χ1v) is 12.6. The fraction of sp³-hybridized carbons (Fsp3) is 0.414. The first-order chi connectivity index (χ1) is 17.3. The number of anilines is 1. The van der Waals surface area contributed by atoms with E-state index in [0.717, 1.165) is 35.9 Å². The zero-order chi connectivity index (χ0) is 25.2. The summed E-state index contributed by atoms with van der Waals surface area (Å²) in [6, 6.07) is 21.0. The van der Waals surface area contributed by atoms with Crippen LogP contribution >= 0.6 is 0 Å². The summed E-state index contributed by atoms with van der Waals surface area (Å²) in [5.74, 6) is 0.986. The van der Waals surface area contributed by atoms with Crippen LogP contribution < -0.4 is 4.90 Å². The van der Waals surface area contributed by atoms with Crippen molar-refractivity contribution < 1.29 is 9.47 Å². The molecule has 0 unspecified atom stereocenters. The second-order valence-electron chi connectivity index (χ2n) is 10.7. The number of imidazole rings is 1. The van der Waals surface area contributed by atoms with Gasteiger partial charge in [0.1, 0.15) is 5.82 Å². The van der Waals surface area contributed by atoms with Crippen LogP contribution in [0.4, 0.5) is 5.82 Å². The molecule has 7 heteroatoms. The Kier molecular flexibility index (Phi) is 6.77. The van der Waals surface area contributed by atoms with Crippen LogP contribution in [0.25, 0.3) is 11.2 Å². The Labute approximate surface area is 213 Å². The van der Waals surface area contributed by atoms with Crippen LogP contribution in [0, 0.1) is 5.41 Å². The lowest BCUT2D eigenvalue weighted by Gasteiger charge is -2.41. The predicted molar refractivity (Wildman–Crippen MR) is 141 cm³/mol. The summed E-state index contributed by atoms with van der Waals surface area (Å²) in [6.07, 6.45) is 3.14. The van der Waals surface area contributed by atoms with Gasteiger partial charge in [-0.2, -0.15) is 0 Å². The number of nitrogens with zero attached hydrogens (tertiary/aromatic N) is 5. The van der Waals surface area contributed by atoms with Crippen molar-refractivity contribution in [1.82, 2.24) is 19.5 Å². The third-order valence-corrected chi connectivity index (χ3v) is 6.66. The third kappa shape index (κ3) is 5.58. The highest BCUT2D eigenvalue weighted by molar-refractivity contribution is 5.83. The topological polar surface area (TPSA) is 65.3 Å². The monoisotopic (exact) mass is 485 g/mol. The van der Waals surface area contributed by atoms with Gasteiger partial charge in [-0.25, -0.2) is 15.0 Å². The highest BCUT2D eigenvalue weighted by Gasteiger charge is 2.36. The van der Waals surface area contributed by atoms with Crippen LogP contribution in [-0.4, -0.2) is 38.5 Å². The fourth-order valence-electron chi connectivity index (χ4n) is 4.44. The van der Waals surface area contributed by atoms with E-state index in [0.29, 0.717) is 26.1 Å². The number of ether oxygens (including phenoxy) is 2. The van der Waals surface area contributed by atoms with Gasteiger partial charge in [0.05, 0.1) is 19.5 Å². The number of aromatic nitrogens is 4. The first kappa shape index (κ1) is 24.4. The van der Waals surface area contributed by atoms with Gasteiger partial charge < -0.3 is 18.9 Å². The Balaban J connectivity index is 1.47. The largest absolute Gasteiger partial charge is 0.350 e. The van der Waals surface area contributed by atoms with Crippen molar-refractivity contribution in [2.45, 2.75) is 52.5 Å². The maximum atomic E-state index is 6.13. The number of rotatable bonds is 8. The summed E-state index contributed by atoms with van der Waals surface area (Å²) in [5.41, 5.74) is 4.12. The summed E-state index contributed by atoms with van der Waals surface area (Å²) in [7, 11) is 1.98. The molecule has 7 nitrogen and oxygen atoms in total. The van der Waals surface area contributed by atoms with E-state index in [-0.39, 0.29) is 5.41 Å². The van der Waals surface area contributed by atoms with Crippen molar-refractivity contribution in [3.8, 4) is 0 Å². The number of hydrogen-bond donors (Lipinski definition) is 0. The van der Waals surface area contributed by atoms with Gasteiger partial charge in [0.2, 0.25) is 0 Å². The molecule has 4 aromatic rings. The van der Waals surface area contributed by atoms with E-state index >= 15 is 0 Å². The van der Waals surface area contributed by atoms with E-state index in [9.17, 15) is 0 Å². The van der Waals surface area contributed by atoms with Crippen LogP contribution in [0.3, 0.4) is 0 Å². The van der Waals surface area contributed by atoms with E-state index in [4.69, 9.17) is 19.4 Å². The second kappa shape index (κ2) is 9.99. The molecule has 0 atom stereocenters. The summed E-state index contributed by atoms with van der Waals surface area (Å²) >= 11 is 0. The molecule has 36 heavy (non-hydrogen) atoms. The number of aryl methyl sites for hydroxylation is 2. The molecule has 188 valence electrons. The van der Waals surface area contributed by atoms with Crippen molar-refractivity contribution >= 4 is 17.0 Å². The van der Waals surface area contributed by atoms with Crippen molar-refractivity contribution in [1.29, 1.82) is 0 Å². The summed E-state index contributed by atoms with van der Waals surface area (Å²) in [5, 5.41) is 0. The molecule has 0 radical (unpaired) electrons. The molecule has 0 spiro atoms. The number of hydrogen-bond acceptors (Lipinski definition) is 6. The zero-order valence-corrected chi connectivity index (χ0v) is 21.6. The van der Waals surface area contributed by atoms with Gasteiger partial charge in [-0.15, -0.1) is 0 Å². The Morgan fingerprint density at radius 3 is 2.03 bits per heavy atom. The molecule has 5 rings (SSSR count). The van der Waals surface area contributed by atoms with Gasteiger partial charge in [0, 0.05) is 38.4 Å². The lowest BCUT2D eigenvalue weighted by atomic mass is 9.94. The minimum absolute atomic E-state index is 0.0339. The van der Waals surface area contributed by atoms with Crippen LogP contribution in [-0.2, 0) is 36.0 Å². The molecule has 1 fully saturated rings. The Bertz CT molecular complexity index is 1250. The molecule has 2 aromatic heterocycles. The molecule has 0 saturated carbocycles. The average Bonchev–Trinajstić information content (AvgIpc) is 3.26. The molecule has 2 aromatic carbocycles. The Hall–Kier alpha value is -3.29. The molecule has 0 aliphatic carbocycles. The number of fused-ring (bicyclic) bond motifs is 1. The summed E-state index contributed by atoms with van der Waals surface area (Å²) < 4.78 is 14.2. The lowest BCUT2D eigenvalue weighted by Crippen LogP contribution is -2.45. The van der Waals surface area contributed by atoms with E-state index in [1.165, 1.54) is 11.1 Å². The van der Waals surface area contributed by atoms with E-state index in [1.807, 2.05) is 37.0 Å². The maximum Gasteiger partial charge on any atom is 0.165 e. The molecular weight excluding hydrogens is 450 g/mol. The van der Waals surface area contributed by atoms with Crippen LogP contribution in [0.15, 0.2) is 67.0 Å². The van der Waals surface area contributed by atoms with Crippen LogP contribution in [0.5, 0.6) is 0 Å². The molecule has 0 bridgehead atoms. The summed E-state index contributed by atoms with van der Waals surface area (Å²) in [6.45, 7) is 9.13. The fourth-order valence-corrected chi connectivity index (χ4v) is 4.44. The van der Waals surface area contributed by atoms with Gasteiger partial charge >= 0.3 is 0 Å². The van der Waals surface area contributed by atoms with E-state index in [1.54, 1.807) is 0 Å². The lowest BCUT2D eigenvalue weighted by molar-refractivity contribution is -0.291. The Morgan fingerprint density at radius 1 is 0.861 bits per heavy atom. The predicted octanol–water partition coefficient (Wildman–Crippen LogP) is 5.29. The molecule has 0 amide bonds. The minimum Gasteiger partial charge on any atom is -0.350 e. The summed E-state index contributed by atoms with van der Waals surface area (Å²) in [4.78, 5) is 17.0. The van der Waals surface area contributed by atoms with Crippen LogP contribution in [0.1, 0.15) is 44.1 Å². The number of benzene rings is 2. The highest BCUT2D eigenvalue weighted by atomic mass is 16.7. The normalized spacial score (nSPS) is 16.8. The standard InChI is InChI=1S/C29H35N5O2/c1-28(2)19-35-29(3,36-20-28)16-15-24-31-26-25(30-21-33(26)4)27(32-24)34(17-22-11-7-5-8-12-22)18-23-13-9-6-10-14-23/h5-14,21H,15-20H2,1-4H3. The molecular formula is C29H35N5O2. The van der Waals surface area contributed by atoms with E-state index < -0.39 is 5.79 Å². The smallest absolute Gasteiger partial charge is 0.165 e. The maximum absolute atomic E-state index is 6.13. The van der Waals surface area contributed by atoms with Crippen molar-refractivity contribution in [2.75, 3.05) is 18.1 Å². The van der Waals surface area contributed by atoms with Gasteiger partial charge in [-0.05, 0) is 18.1 Å². The quantitative estimate of drug-likeness (QED) is 0.338. The van der Waals surface area contributed by atoms with Gasteiger partial charge in [-0.1, -0.05) is 74.5 Å². The van der Waals surface area contributed by atoms with Gasteiger partial charge in [0.25, 0.3) is 0 Å². The van der Waals surface area contributed by atoms with Gasteiger partial charge in [0.15, 0.2) is 22.8 Å². The van der Waals surface area contributed by atoms with Crippen molar-refractivity contribution in [2.24, 2.45) is 12.5 Å². The highest BCUT2D eigenvalue weighted by Crippen LogP contribution is 2.32. The Morgan fingerprint density at radius 2 is 1.44 bits per heavy atom. The average molecular weight is 486 g/mol. The van der Waals surface area contributed by atoms with Gasteiger partial charge in [-0.3, -0.25) is 0 Å². The zero-order valence-electron chi connectivity index (χ0n) is 21.6. The van der Waals surface area contributed by atoms with Crippen molar-refractivity contribution in [3.63, 3.8) is 0 Å². The SMILES string of the molecule is Cn1cnc2c(N(Cc3ccccc3)Cc3ccccc3)nc(CCC3(C)OCC(C)(C)CO3)nc21. The second-order valence-corrected chi connectivity index (χ2v) is 10.7. The minimum atomic E-state index is -0.631. The third-order valence-electron chi connectivity index (χ3n) is 6.66.